The molecule has 0 saturated carbocycles. The fourth-order valence-electron chi connectivity index (χ4n) is 5.10. The molecule has 0 spiro atoms. The van der Waals surface area contributed by atoms with Crippen LogP contribution in [-0.4, -0.2) is 57.4 Å². The van der Waals surface area contributed by atoms with E-state index in [9.17, 15) is 4.79 Å². The summed E-state index contributed by atoms with van der Waals surface area (Å²) in [5.41, 5.74) is 5.03. The van der Waals surface area contributed by atoms with Crippen LogP contribution in [0.3, 0.4) is 0 Å². The first-order valence-electron chi connectivity index (χ1n) is 14.1. The summed E-state index contributed by atoms with van der Waals surface area (Å²) in [6.07, 6.45) is 1.52. The molecule has 4 aromatic rings. The highest BCUT2D eigenvalue weighted by molar-refractivity contribution is 7.98. The van der Waals surface area contributed by atoms with Crippen LogP contribution < -0.4 is 29.2 Å². The van der Waals surface area contributed by atoms with Gasteiger partial charge < -0.3 is 29.2 Å². The summed E-state index contributed by atoms with van der Waals surface area (Å²) in [5, 5.41) is 3.97. The van der Waals surface area contributed by atoms with Gasteiger partial charge >= 0.3 is 0 Å². The van der Waals surface area contributed by atoms with E-state index in [1.54, 1.807) is 34.5 Å². The van der Waals surface area contributed by atoms with Crippen LogP contribution in [0.5, 0.6) is 23.0 Å². The Labute approximate surface area is 266 Å². The Balaban J connectivity index is 1.19. The zero-order chi connectivity index (χ0) is 31.1. The van der Waals surface area contributed by atoms with E-state index in [0.717, 1.165) is 41.2 Å². The van der Waals surface area contributed by atoms with Crippen LogP contribution in [0.25, 0.3) is 0 Å². The summed E-state index contributed by atoms with van der Waals surface area (Å²) in [4.78, 5) is 24.3. The zero-order valence-electron chi connectivity index (χ0n) is 25.2. The number of amides is 1. The maximum atomic E-state index is 12.9. The third-order valence-electron chi connectivity index (χ3n) is 7.41. The van der Waals surface area contributed by atoms with E-state index in [1.165, 1.54) is 17.3 Å². The number of aromatic nitrogens is 2. The van der Waals surface area contributed by atoms with Gasteiger partial charge in [-0.05, 0) is 71.5 Å². The summed E-state index contributed by atoms with van der Waals surface area (Å²) >= 11 is 7.92. The molecule has 0 saturated heterocycles. The monoisotopic (exact) mass is 634 g/mol. The number of benzene rings is 3. The van der Waals surface area contributed by atoms with Gasteiger partial charge in [0, 0.05) is 37.0 Å². The lowest BCUT2D eigenvalue weighted by Crippen LogP contribution is -2.31. The van der Waals surface area contributed by atoms with Gasteiger partial charge in [0.2, 0.25) is 0 Å². The molecule has 5 rings (SSSR count). The molecule has 1 aromatic heterocycles. The highest BCUT2D eigenvalue weighted by atomic mass is 35.5. The first-order valence-corrected chi connectivity index (χ1v) is 15.5. The molecule has 1 amide bonds. The van der Waals surface area contributed by atoms with Crippen molar-refractivity contribution in [3.8, 4) is 23.0 Å². The Morgan fingerprint density at radius 1 is 0.864 bits per heavy atom. The molecule has 1 aliphatic heterocycles. The number of anilines is 1. The van der Waals surface area contributed by atoms with Gasteiger partial charge in [-0.2, -0.15) is 0 Å². The molecule has 0 aliphatic carbocycles. The first kappa shape index (κ1) is 31.3. The second-order valence-electron chi connectivity index (χ2n) is 10.2. The second kappa shape index (κ2) is 14.5. The van der Waals surface area contributed by atoms with Crippen LogP contribution in [0.2, 0.25) is 5.15 Å². The van der Waals surface area contributed by atoms with Gasteiger partial charge in [-0.1, -0.05) is 41.6 Å². The van der Waals surface area contributed by atoms with Gasteiger partial charge in [0.25, 0.3) is 5.91 Å². The summed E-state index contributed by atoms with van der Waals surface area (Å²) in [6.45, 7) is 1.97. The number of hydrogen-bond acceptors (Lipinski definition) is 9. The number of nitrogens with one attached hydrogen (secondary N) is 1. The Kier molecular flexibility index (Phi) is 10.3. The van der Waals surface area contributed by atoms with Crippen LogP contribution in [0.15, 0.2) is 65.8 Å². The van der Waals surface area contributed by atoms with Crippen molar-refractivity contribution in [1.29, 1.82) is 0 Å². The van der Waals surface area contributed by atoms with Crippen molar-refractivity contribution in [1.82, 2.24) is 15.3 Å². The number of ether oxygens (including phenoxy) is 4. The summed E-state index contributed by atoms with van der Waals surface area (Å²) < 4.78 is 21.6. The number of carbonyl (C=O) groups is 1. The predicted octanol–water partition coefficient (Wildman–Crippen LogP) is 5.99. The SMILES string of the molecule is COc1ccc(CCNC(=O)c2cccc(CSc3nc(Cl)cc(N4CCc5cc(OC)c(OC)cc5C4)n3)c2)cc1OC. The third-order valence-corrected chi connectivity index (χ3v) is 8.52. The fourth-order valence-corrected chi connectivity index (χ4v) is 6.12. The average molecular weight is 635 g/mol. The van der Waals surface area contributed by atoms with Crippen LogP contribution in [0.1, 0.15) is 32.6 Å². The zero-order valence-corrected chi connectivity index (χ0v) is 26.8. The topological polar surface area (TPSA) is 95.0 Å². The third kappa shape index (κ3) is 7.49. The second-order valence-corrected chi connectivity index (χ2v) is 11.5. The van der Waals surface area contributed by atoms with Gasteiger partial charge in [-0.25, -0.2) is 9.97 Å². The highest BCUT2D eigenvalue weighted by Gasteiger charge is 2.21. The smallest absolute Gasteiger partial charge is 0.251 e. The van der Waals surface area contributed by atoms with Crippen LogP contribution in [0.4, 0.5) is 5.82 Å². The molecule has 1 N–H and O–H groups in total. The van der Waals surface area contributed by atoms with Crippen molar-refractivity contribution < 1.29 is 23.7 Å². The molecule has 44 heavy (non-hydrogen) atoms. The molecule has 11 heteroatoms. The molecule has 230 valence electrons. The standard InChI is InChI=1S/C33H35ClN4O5S/c1-40-26-9-8-21(15-27(26)41-2)10-12-35-32(39)24-7-5-6-22(14-24)20-44-33-36-30(34)18-31(37-33)38-13-11-23-16-28(42-3)29(43-4)17-25(23)19-38/h5-9,14-18H,10-13,19-20H2,1-4H3,(H,35,39). The van der Waals surface area contributed by atoms with E-state index in [0.29, 0.717) is 58.4 Å². The van der Waals surface area contributed by atoms with Crippen molar-refractivity contribution in [2.45, 2.75) is 30.3 Å². The quantitative estimate of drug-likeness (QED) is 0.115. The minimum absolute atomic E-state index is 0.127. The summed E-state index contributed by atoms with van der Waals surface area (Å²) in [7, 11) is 6.50. The van der Waals surface area contributed by atoms with E-state index >= 15 is 0 Å². The van der Waals surface area contributed by atoms with Crippen molar-refractivity contribution in [3.05, 3.63) is 93.6 Å². The van der Waals surface area contributed by atoms with Crippen molar-refractivity contribution in [2.75, 3.05) is 46.4 Å². The molecule has 0 radical (unpaired) electrons. The molecular formula is C33H35ClN4O5S. The lowest BCUT2D eigenvalue weighted by molar-refractivity contribution is 0.0954. The minimum atomic E-state index is -0.127. The van der Waals surface area contributed by atoms with Gasteiger partial charge in [0.05, 0.1) is 28.4 Å². The summed E-state index contributed by atoms with van der Waals surface area (Å²) in [5.74, 6) is 4.02. The molecule has 0 bridgehead atoms. The molecule has 0 atom stereocenters. The largest absolute Gasteiger partial charge is 0.493 e. The van der Waals surface area contributed by atoms with E-state index in [4.69, 9.17) is 35.5 Å². The molecule has 0 fully saturated rings. The molecule has 9 nitrogen and oxygen atoms in total. The van der Waals surface area contributed by atoms with Crippen LogP contribution in [-0.2, 0) is 25.1 Å². The highest BCUT2D eigenvalue weighted by Crippen LogP contribution is 2.35. The van der Waals surface area contributed by atoms with Crippen molar-refractivity contribution >= 4 is 35.1 Å². The number of rotatable bonds is 12. The van der Waals surface area contributed by atoms with Gasteiger partial charge in [-0.3, -0.25) is 4.79 Å². The number of halogens is 1. The molecular weight excluding hydrogens is 600 g/mol. The molecule has 1 aliphatic rings. The number of carbonyl (C=O) groups excluding carboxylic acids is 1. The number of thioether (sulfide) groups is 1. The Bertz CT molecular complexity index is 1640. The van der Waals surface area contributed by atoms with E-state index in [2.05, 4.69) is 15.2 Å². The van der Waals surface area contributed by atoms with Crippen molar-refractivity contribution in [3.63, 3.8) is 0 Å². The minimum Gasteiger partial charge on any atom is -0.493 e. The van der Waals surface area contributed by atoms with Crippen LogP contribution in [0, 0.1) is 0 Å². The molecule has 0 unspecified atom stereocenters. The average Bonchev–Trinajstić information content (AvgIpc) is 3.06. The fraction of sp³-hybridized carbons (Fsp3) is 0.303. The van der Waals surface area contributed by atoms with E-state index in [-0.39, 0.29) is 5.91 Å². The maximum Gasteiger partial charge on any atom is 0.251 e. The number of nitrogens with zero attached hydrogens (tertiary/aromatic N) is 3. The van der Waals surface area contributed by atoms with Gasteiger partial charge in [0.15, 0.2) is 28.2 Å². The van der Waals surface area contributed by atoms with Crippen LogP contribution >= 0.6 is 23.4 Å². The lowest BCUT2D eigenvalue weighted by Gasteiger charge is -2.30. The predicted molar refractivity (Wildman–Crippen MR) is 173 cm³/mol. The normalized spacial score (nSPS) is 12.3. The Morgan fingerprint density at radius 2 is 1.59 bits per heavy atom. The Morgan fingerprint density at radius 3 is 2.34 bits per heavy atom. The van der Waals surface area contributed by atoms with Gasteiger partial charge in [0.1, 0.15) is 11.0 Å². The van der Waals surface area contributed by atoms with Gasteiger partial charge in [-0.15, -0.1) is 0 Å². The Hall–Kier alpha value is -4.15. The van der Waals surface area contributed by atoms with E-state index in [1.807, 2.05) is 54.6 Å². The molecule has 2 heterocycles. The number of hydrogen-bond donors (Lipinski definition) is 1. The van der Waals surface area contributed by atoms with Crippen molar-refractivity contribution in [2.24, 2.45) is 0 Å². The molecule has 3 aromatic carbocycles. The maximum absolute atomic E-state index is 12.9. The summed E-state index contributed by atoms with van der Waals surface area (Å²) in [6, 6.07) is 19.2. The van der Waals surface area contributed by atoms with E-state index < -0.39 is 0 Å². The number of methoxy groups -OCH3 is 4. The lowest BCUT2D eigenvalue weighted by atomic mass is 9.99. The first-order chi connectivity index (χ1) is 21.4. The number of fused-ring (bicyclic) bond motifs is 1.